The van der Waals surface area contributed by atoms with E-state index in [1.807, 2.05) is 17.9 Å². The number of furan rings is 1. The number of hydrogen-bond donors (Lipinski definition) is 1. The van der Waals surface area contributed by atoms with Crippen LogP contribution in [-0.4, -0.2) is 39.9 Å². The summed E-state index contributed by atoms with van der Waals surface area (Å²) in [6.07, 6.45) is 8.44. The number of rotatable bonds is 3. The first-order valence-electron chi connectivity index (χ1n) is 8.65. The molecule has 2 aliphatic rings. The van der Waals surface area contributed by atoms with Gasteiger partial charge in [-0.1, -0.05) is 0 Å². The Labute approximate surface area is 141 Å². The van der Waals surface area contributed by atoms with Gasteiger partial charge in [0.15, 0.2) is 5.76 Å². The van der Waals surface area contributed by atoms with Crippen molar-refractivity contribution in [3.05, 3.63) is 41.2 Å². The van der Waals surface area contributed by atoms with Crippen LogP contribution in [-0.2, 0) is 12.8 Å². The second-order valence-electron chi connectivity index (χ2n) is 6.64. The Balaban J connectivity index is 1.52. The Hall–Kier alpha value is -2.37. The maximum atomic E-state index is 12.7. The van der Waals surface area contributed by atoms with Gasteiger partial charge in [0.25, 0.3) is 5.91 Å². The predicted molar refractivity (Wildman–Crippen MR) is 90.1 cm³/mol. The van der Waals surface area contributed by atoms with Crippen LogP contribution in [0.15, 0.2) is 23.1 Å². The largest absolute Gasteiger partial charge is 0.459 e. The summed E-state index contributed by atoms with van der Waals surface area (Å²) in [7, 11) is 0. The lowest BCUT2D eigenvalue weighted by Crippen LogP contribution is -2.33. The molecule has 1 aliphatic carbocycles. The fourth-order valence-corrected chi connectivity index (χ4v) is 3.34. The van der Waals surface area contributed by atoms with Gasteiger partial charge in [-0.2, -0.15) is 0 Å². The molecule has 1 fully saturated rings. The van der Waals surface area contributed by atoms with Crippen LogP contribution < -0.4 is 5.32 Å². The number of fused-ring (bicyclic) bond motifs is 1. The zero-order valence-corrected chi connectivity index (χ0v) is 13.9. The Kier molecular flexibility index (Phi) is 3.96. The third-order valence-electron chi connectivity index (χ3n) is 5.07. The number of amides is 1. The monoisotopic (exact) mass is 326 g/mol. The molecule has 0 aromatic carbocycles. The molecule has 2 aromatic heterocycles. The highest BCUT2D eigenvalue weighted by Crippen LogP contribution is 2.27. The van der Waals surface area contributed by atoms with Crippen LogP contribution in [0.2, 0.25) is 0 Å². The molecular weight excluding hydrogens is 304 g/mol. The minimum atomic E-state index is -0.0354. The van der Waals surface area contributed by atoms with Crippen LogP contribution in [0, 0.1) is 6.92 Å². The second kappa shape index (κ2) is 6.26. The number of hydrogen-bond acceptors (Lipinski definition) is 5. The number of carbonyl (C=O) groups excluding carboxylic acids is 1. The van der Waals surface area contributed by atoms with Gasteiger partial charge in [0.1, 0.15) is 12.1 Å². The Morgan fingerprint density at radius 1 is 1.29 bits per heavy atom. The molecule has 0 atom stereocenters. The van der Waals surface area contributed by atoms with Crippen molar-refractivity contribution in [2.45, 2.75) is 45.1 Å². The molecule has 6 heteroatoms. The number of carbonyl (C=O) groups is 1. The number of nitrogens with zero attached hydrogens (tertiary/aromatic N) is 3. The highest BCUT2D eigenvalue weighted by Gasteiger charge is 2.26. The number of anilines is 1. The molecule has 1 amide bonds. The standard InChI is InChI=1S/C18H22N4O2/c1-12-7-10-24-16(12)18(23)22-8-5-14-15(6-9-22)19-11-20-17(14)21-13-3-2-4-13/h7,10-11,13H,2-6,8-9H2,1H3,(H,19,20,21). The van der Waals surface area contributed by atoms with Crippen molar-refractivity contribution in [3.8, 4) is 0 Å². The van der Waals surface area contributed by atoms with E-state index >= 15 is 0 Å². The van der Waals surface area contributed by atoms with Gasteiger partial charge in [0, 0.05) is 36.7 Å². The number of nitrogens with one attached hydrogen (secondary N) is 1. The predicted octanol–water partition coefficient (Wildman–Crippen LogP) is 2.58. The lowest BCUT2D eigenvalue weighted by molar-refractivity contribution is 0.0730. The molecule has 24 heavy (non-hydrogen) atoms. The summed E-state index contributed by atoms with van der Waals surface area (Å²) >= 11 is 0. The molecule has 0 spiro atoms. The first-order chi connectivity index (χ1) is 11.7. The van der Waals surface area contributed by atoms with Crippen molar-refractivity contribution >= 4 is 11.7 Å². The molecule has 6 nitrogen and oxygen atoms in total. The quantitative estimate of drug-likeness (QED) is 0.938. The summed E-state index contributed by atoms with van der Waals surface area (Å²) in [4.78, 5) is 23.4. The second-order valence-corrected chi connectivity index (χ2v) is 6.64. The van der Waals surface area contributed by atoms with Crippen LogP contribution in [0.1, 0.15) is 46.6 Å². The fourth-order valence-electron chi connectivity index (χ4n) is 3.34. The third kappa shape index (κ3) is 2.77. The average molecular weight is 326 g/mol. The molecule has 0 radical (unpaired) electrons. The average Bonchev–Trinajstić information content (AvgIpc) is 2.85. The van der Waals surface area contributed by atoms with Crippen LogP contribution in [0.25, 0.3) is 0 Å². The Bertz CT molecular complexity index is 751. The SMILES string of the molecule is Cc1ccoc1C(=O)N1CCc2ncnc(NC3CCC3)c2CC1. The summed E-state index contributed by atoms with van der Waals surface area (Å²) in [6.45, 7) is 3.22. The first kappa shape index (κ1) is 15.2. The minimum Gasteiger partial charge on any atom is -0.459 e. The van der Waals surface area contributed by atoms with Gasteiger partial charge in [-0.3, -0.25) is 4.79 Å². The van der Waals surface area contributed by atoms with E-state index in [0.717, 1.165) is 35.5 Å². The minimum absolute atomic E-state index is 0.0354. The van der Waals surface area contributed by atoms with Crippen molar-refractivity contribution in [3.63, 3.8) is 0 Å². The highest BCUT2D eigenvalue weighted by atomic mass is 16.3. The maximum absolute atomic E-state index is 12.7. The molecule has 3 heterocycles. The highest BCUT2D eigenvalue weighted by molar-refractivity contribution is 5.92. The van der Waals surface area contributed by atoms with E-state index in [0.29, 0.717) is 24.9 Å². The van der Waals surface area contributed by atoms with Gasteiger partial charge in [-0.25, -0.2) is 9.97 Å². The van der Waals surface area contributed by atoms with Crippen molar-refractivity contribution in [1.82, 2.24) is 14.9 Å². The maximum Gasteiger partial charge on any atom is 0.289 e. The lowest BCUT2D eigenvalue weighted by atomic mass is 9.93. The van der Waals surface area contributed by atoms with E-state index in [-0.39, 0.29) is 5.91 Å². The third-order valence-corrected chi connectivity index (χ3v) is 5.07. The topological polar surface area (TPSA) is 71.3 Å². The van der Waals surface area contributed by atoms with Crippen molar-refractivity contribution in [1.29, 1.82) is 0 Å². The molecule has 1 aliphatic heterocycles. The molecule has 2 aromatic rings. The summed E-state index contributed by atoms with van der Waals surface area (Å²) in [5.41, 5.74) is 3.10. The zero-order valence-electron chi connectivity index (χ0n) is 13.9. The number of aromatic nitrogens is 2. The van der Waals surface area contributed by atoms with Crippen LogP contribution in [0.5, 0.6) is 0 Å². The molecule has 0 bridgehead atoms. The van der Waals surface area contributed by atoms with Gasteiger partial charge in [-0.05, 0) is 38.7 Å². The van der Waals surface area contributed by atoms with E-state index < -0.39 is 0 Å². The summed E-state index contributed by atoms with van der Waals surface area (Å²) < 4.78 is 5.36. The summed E-state index contributed by atoms with van der Waals surface area (Å²) in [6, 6.07) is 2.36. The van der Waals surface area contributed by atoms with Crippen LogP contribution in [0.3, 0.4) is 0 Å². The number of aryl methyl sites for hydroxylation is 1. The Morgan fingerprint density at radius 2 is 2.12 bits per heavy atom. The molecular formula is C18H22N4O2. The van der Waals surface area contributed by atoms with Gasteiger partial charge >= 0.3 is 0 Å². The van der Waals surface area contributed by atoms with E-state index in [2.05, 4.69) is 15.3 Å². The van der Waals surface area contributed by atoms with E-state index in [1.54, 1.807) is 12.6 Å². The van der Waals surface area contributed by atoms with E-state index in [4.69, 9.17) is 4.42 Å². The molecule has 0 unspecified atom stereocenters. The van der Waals surface area contributed by atoms with Crippen molar-refractivity contribution in [2.75, 3.05) is 18.4 Å². The fraction of sp³-hybridized carbons (Fsp3) is 0.500. The molecule has 126 valence electrons. The lowest BCUT2D eigenvalue weighted by Gasteiger charge is -2.28. The molecule has 1 saturated carbocycles. The first-order valence-corrected chi connectivity index (χ1v) is 8.65. The van der Waals surface area contributed by atoms with Crippen LogP contribution in [0.4, 0.5) is 5.82 Å². The normalized spacial score (nSPS) is 17.8. The van der Waals surface area contributed by atoms with Crippen molar-refractivity contribution in [2.24, 2.45) is 0 Å². The summed E-state index contributed by atoms with van der Waals surface area (Å²) in [5, 5.41) is 3.54. The summed E-state index contributed by atoms with van der Waals surface area (Å²) in [5.74, 6) is 1.36. The Morgan fingerprint density at radius 3 is 2.83 bits per heavy atom. The van der Waals surface area contributed by atoms with E-state index in [9.17, 15) is 4.79 Å². The van der Waals surface area contributed by atoms with Gasteiger partial charge in [0.05, 0.1) is 12.0 Å². The van der Waals surface area contributed by atoms with Crippen molar-refractivity contribution < 1.29 is 9.21 Å². The van der Waals surface area contributed by atoms with E-state index in [1.165, 1.54) is 19.3 Å². The van der Waals surface area contributed by atoms with Gasteiger partial charge in [0.2, 0.25) is 0 Å². The van der Waals surface area contributed by atoms with Crippen LogP contribution >= 0.6 is 0 Å². The molecule has 4 rings (SSSR count). The molecule has 0 saturated heterocycles. The van der Waals surface area contributed by atoms with Gasteiger partial charge in [-0.15, -0.1) is 0 Å². The smallest absolute Gasteiger partial charge is 0.289 e. The zero-order chi connectivity index (χ0) is 16.5. The van der Waals surface area contributed by atoms with Gasteiger partial charge < -0.3 is 14.6 Å². The molecule has 1 N–H and O–H groups in total.